The summed E-state index contributed by atoms with van der Waals surface area (Å²) in [6.07, 6.45) is 0.801. The molecule has 1 saturated carbocycles. The number of rotatable bonds is 4. The third kappa shape index (κ3) is 2.87. The first kappa shape index (κ1) is 15.1. The van der Waals surface area contributed by atoms with Crippen molar-refractivity contribution in [2.45, 2.75) is 12.3 Å². The molecule has 0 heterocycles. The molecule has 3 nitrogen and oxygen atoms in total. The van der Waals surface area contributed by atoms with E-state index in [2.05, 4.69) is 0 Å². The van der Waals surface area contributed by atoms with E-state index < -0.39 is 5.91 Å². The monoisotopic (exact) mass is 333 g/mol. The van der Waals surface area contributed by atoms with E-state index >= 15 is 0 Å². The van der Waals surface area contributed by atoms with Crippen LogP contribution in [0.25, 0.3) is 0 Å². The second-order valence-corrected chi connectivity index (χ2v) is 6.24. The molecular formula is C17H13Cl2NO2. The number of amides is 1. The summed E-state index contributed by atoms with van der Waals surface area (Å²) in [5, 5.41) is 0.822. The van der Waals surface area contributed by atoms with Crippen LogP contribution in [-0.2, 0) is 0 Å². The Balaban J connectivity index is 1.74. The number of hydrogen-bond acceptors (Lipinski definition) is 2. The SMILES string of the molecule is NC(=O)c1ccc(C2CC2C(=O)c2ccc(Cl)c(Cl)c2)cc1. The van der Waals surface area contributed by atoms with Crippen molar-refractivity contribution in [3.8, 4) is 0 Å². The van der Waals surface area contributed by atoms with E-state index in [1.165, 1.54) is 0 Å². The van der Waals surface area contributed by atoms with Crippen molar-refractivity contribution in [2.24, 2.45) is 11.7 Å². The molecule has 0 radical (unpaired) electrons. The molecule has 0 aliphatic heterocycles. The fraction of sp³-hybridized carbons (Fsp3) is 0.176. The Morgan fingerprint density at radius 1 is 0.955 bits per heavy atom. The van der Waals surface area contributed by atoms with Gasteiger partial charge in [0.25, 0.3) is 0 Å². The summed E-state index contributed by atoms with van der Waals surface area (Å²) in [4.78, 5) is 23.5. The first-order chi connectivity index (χ1) is 10.5. The van der Waals surface area contributed by atoms with Gasteiger partial charge in [-0.1, -0.05) is 35.3 Å². The van der Waals surface area contributed by atoms with E-state index in [0.29, 0.717) is 21.2 Å². The van der Waals surface area contributed by atoms with Crippen LogP contribution in [0.2, 0.25) is 10.0 Å². The van der Waals surface area contributed by atoms with Crippen LogP contribution in [0.15, 0.2) is 42.5 Å². The second-order valence-electron chi connectivity index (χ2n) is 5.43. The maximum absolute atomic E-state index is 12.5. The zero-order chi connectivity index (χ0) is 15.9. The quantitative estimate of drug-likeness (QED) is 0.857. The van der Waals surface area contributed by atoms with Gasteiger partial charge in [-0.05, 0) is 48.2 Å². The minimum atomic E-state index is -0.453. The average Bonchev–Trinajstić information content (AvgIpc) is 3.30. The number of benzene rings is 2. The fourth-order valence-corrected chi connectivity index (χ4v) is 2.91. The van der Waals surface area contributed by atoms with Gasteiger partial charge in [0, 0.05) is 17.0 Å². The largest absolute Gasteiger partial charge is 0.366 e. The summed E-state index contributed by atoms with van der Waals surface area (Å²) < 4.78 is 0. The molecule has 3 rings (SSSR count). The standard InChI is InChI=1S/C17H13Cl2NO2/c18-14-6-5-11(7-15(14)19)16(21)13-8-12(13)9-1-3-10(4-2-9)17(20)22/h1-7,12-13H,8H2,(H2,20,22). The summed E-state index contributed by atoms with van der Waals surface area (Å²) in [7, 11) is 0. The predicted molar refractivity (Wildman–Crippen MR) is 86.6 cm³/mol. The van der Waals surface area contributed by atoms with Crippen LogP contribution in [0.1, 0.15) is 38.6 Å². The molecule has 0 bridgehead atoms. The topological polar surface area (TPSA) is 60.2 Å². The van der Waals surface area contributed by atoms with Gasteiger partial charge in [0.05, 0.1) is 10.0 Å². The van der Waals surface area contributed by atoms with Crippen molar-refractivity contribution in [2.75, 3.05) is 0 Å². The molecule has 2 N–H and O–H groups in total. The van der Waals surface area contributed by atoms with E-state index in [0.717, 1.165) is 12.0 Å². The number of hydrogen-bond donors (Lipinski definition) is 1. The highest BCUT2D eigenvalue weighted by molar-refractivity contribution is 6.42. The summed E-state index contributed by atoms with van der Waals surface area (Å²) in [6, 6.07) is 12.0. The van der Waals surface area contributed by atoms with Crippen molar-refractivity contribution in [3.05, 3.63) is 69.2 Å². The Bertz CT molecular complexity index is 756. The maximum atomic E-state index is 12.5. The molecule has 1 amide bonds. The first-order valence-electron chi connectivity index (χ1n) is 6.86. The minimum Gasteiger partial charge on any atom is -0.366 e. The first-order valence-corrected chi connectivity index (χ1v) is 7.62. The van der Waals surface area contributed by atoms with Crippen LogP contribution in [0, 0.1) is 5.92 Å². The van der Waals surface area contributed by atoms with Gasteiger partial charge < -0.3 is 5.73 Å². The third-order valence-corrected chi connectivity index (χ3v) is 4.69. The van der Waals surface area contributed by atoms with Gasteiger partial charge in [-0.15, -0.1) is 0 Å². The summed E-state index contributed by atoms with van der Waals surface area (Å²) in [5.41, 5.74) is 7.31. The van der Waals surface area contributed by atoms with Gasteiger partial charge in [0.15, 0.2) is 5.78 Å². The molecule has 112 valence electrons. The Hall–Kier alpha value is -1.84. The molecule has 1 aliphatic carbocycles. The van der Waals surface area contributed by atoms with E-state index in [9.17, 15) is 9.59 Å². The van der Waals surface area contributed by atoms with Gasteiger partial charge >= 0.3 is 0 Å². The molecule has 2 unspecified atom stereocenters. The van der Waals surface area contributed by atoms with E-state index in [1.807, 2.05) is 12.1 Å². The highest BCUT2D eigenvalue weighted by atomic mass is 35.5. The van der Waals surface area contributed by atoms with Gasteiger partial charge in [0.1, 0.15) is 0 Å². The number of carbonyl (C=O) groups is 2. The lowest BCUT2D eigenvalue weighted by atomic mass is 10.0. The van der Waals surface area contributed by atoms with Crippen LogP contribution in [0.4, 0.5) is 0 Å². The molecule has 2 aromatic rings. The predicted octanol–water partition coefficient (Wildman–Crippen LogP) is 4.08. The highest BCUT2D eigenvalue weighted by Crippen LogP contribution is 2.49. The molecule has 0 saturated heterocycles. The van der Waals surface area contributed by atoms with Crippen LogP contribution >= 0.6 is 23.2 Å². The molecule has 22 heavy (non-hydrogen) atoms. The van der Waals surface area contributed by atoms with E-state index in [4.69, 9.17) is 28.9 Å². The molecular weight excluding hydrogens is 321 g/mol. The molecule has 0 aromatic heterocycles. The van der Waals surface area contributed by atoms with Crippen molar-refractivity contribution in [1.29, 1.82) is 0 Å². The average molecular weight is 334 g/mol. The fourth-order valence-electron chi connectivity index (χ4n) is 2.61. The Labute approximate surface area is 138 Å². The number of primary amides is 1. The smallest absolute Gasteiger partial charge is 0.248 e. The molecule has 0 spiro atoms. The highest BCUT2D eigenvalue weighted by Gasteiger charge is 2.44. The third-order valence-electron chi connectivity index (χ3n) is 3.95. The van der Waals surface area contributed by atoms with E-state index in [1.54, 1.807) is 30.3 Å². The maximum Gasteiger partial charge on any atom is 0.248 e. The molecule has 2 aromatic carbocycles. The second kappa shape index (κ2) is 5.75. The number of Topliss-reactive ketones (excluding diaryl/α,β-unsaturated/α-hetero) is 1. The van der Waals surface area contributed by atoms with Gasteiger partial charge in [-0.25, -0.2) is 0 Å². The van der Waals surface area contributed by atoms with Crippen molar-refractivity contribution in [1.82, 2.24) is 0 Å². The van der Waals surface area contributed by atoms with E-state index in [-0.39, 0.29) is 17.6 Å². The lowest BCUT2D eigenvalue weighted by Gasteiger charge is -2.04. The normalized spacial score (nSPS) is 19.7. The summed E-state index contributed by atoms with van der Waals surface area (Å²) in [6.45, 7) is 0. The summed E-state index contributed by atoms with van der Waals surface area (Å²) in [5.74, 6) is -0.242. The minimum absolute atomic E-state index is 0.0447. The Morgan fingerprint density at radius 3 is 2.18 bits per heavy atom. The van der Waals surface area contributed by atoms with Crippen molar-refractivity contribution in [3.63, 3.8) is 0 Å². The number of halogens is 2. The van der Waals surface area contributed by atoms with Crippen molar-refractivity contribution < 1.29 is 9.59 Å². The van der Waals surface area contributed by atoms with Crippen LogP contribution in [0.5, 0.6) is 0 Å². The molecule has 5 heteroatoms. The van der Waals surface area contributed by atoms with Crippen LogP contribution < -0.4 is 5.73 Å². The summed E-state index contributed by atoms with van der Waals surface area (Å²) >= 11 is 11.8. The molecule has 1 fully saturated rings. The molecule has 2 atom stereocenters. The lowest BCUT2D eigenvalue weighted by Crippen LogP contribution is -2.10. The van der Waals surface area contributed by atoms with Crippen molar-refractivity contribution >= 4 is 34.9 Å². The lowest BCUT2D eigenvalue weighted by molar-refractivity contribution is 0.0963. The van der Waals surface area contributed by atoms with Gasteiger partial charge in [-0.3, -0.25) is 9.59 Å². The number of ketones is 1. The number of carbonyl (C=O) groups excluding carboxylic acids is 2. The zero-order valence-electron chi connectivity index (χ0n) is 11.6. The van der Waals surface area contributed by atoms with Crippen LogP contribution in [-0.4, -0.2) is 11.7 Å². The number of nitrogens with two attached hydrogens (primary N) is 1. The van der Waals surface area contributed by atoms with Gasteiger partial charge in [-0.2, -0.15) is 0 Å². The Morgan fingerprint density at radius 2 is 1.59 bits per heavy atom. The van der Waals surface area contributed by atoms with Gasteiger partial charge in [0.2, 0.25) is 5.91 Å². The van der Waals surface area contributed by atoms with Crippen LogP contribution in [0.3, 0.4) is 0 Å². The molecule has 1 aliphatic rings. The Kier molecular flexibility index (Phi) is 3.94. The zero-order valence-corrected chi connectivity index (χ0v) is 13.1.